The standard InChI is InChI=1S/C19H34N4S/c1-3-20-19(22-17(2)18-11-10-16-24-18)21-12-6-4-7-13-23-14-8-5-9-15-23/h10-11,16-17H,3-9,12-15H2,1-2H3,(H2,20,21,22). The summed E-state index contributed by atoms with van der Waals surface area (Å²) in [6.07, 6.45) is 7.98. The third-order valence-corrected chi connectivity index (χ3v) is 5.57. The van der Waals surface area contributed by atoms with Crippen molar-refractivity contribution in [3.05, 3.63) is 22.4 Å². The lowest BCUT2D eigenvalue weighted by Gasteiger charge is -2.26. The largest absolute Gasteiger partial charge is 0.357 e. The molecule has 24 heavy (non-hydrogen) atoms. The van der Waals surface area contributed by atoms with Crippen molar-refractivity contribution in [3.63, 3.8) is 0 Å². The summed E-state index contributed by atoms with van der Waals surface area (Å²) in [4.78, 5) is 8.71. The first-order valence-corrected chi connectivity index (χ1v) is 10.5. The summed E-state index contributed by atoms with van der Waals surface area (Å²) in [5.74, 6) is 0.939. The smallest absolute Gasteiger partial charge is 0.191 e. The maximum atomic E-state index is 4.73. The molecular weight excluding hydrogens is 316 g/mol. The molecule has 0 aromatic carbocycles. The summed E-state index contributed by atoms with van der Waals surface area (Å²) >= 11 is 1.79. The first-order valence-electron chi connectivity index (χ1n) is 9.60. The van der Waals surface area contributed by atoms with Crippen LogP contribution < -0.4 is 10.6 Å². The molecule has 0 bridgehead atoms. The van der Waals surface area contributed by atoms with Gasteiger partial charge in [-0.15, -0.1) is 11.3 Å². The van der Waals surface area contributed by atoms with E-state index in [4.69, 9.17) is 4.99 Å². The molecule has 1 aliphatic rings. The van der Waals surface area contributed by atoms with Crippen LogP contribution in [-0.2, 0) is 0 Å². The monoisotopic (exact) mass is 350 g/mol. The van der Waals surface area contributed by atoms with E-state index in [-0.39, 0.29) is 0 Å². The third kappa shape index (κ3) is 7.22. The molecule has 1 aliphatic heterocycles. The van der Waals surface area contributed by atoms with Gasteiger partial charge in [0.05, 0.1) is 6.04 Å². The van der Waals surface area contributed by atoms with Crippen LogP contribution in [0.15, 0.2) is 22.5 Å². The molecule has 1 atom stereocenters. The zero-order chi connectivity index (χ0) is 17.0. The number of piperidine rings is 1. The van der Waals surface area contributed by atoms with Gasteiger partial charge in [-0.3, -0.25) is 4.99 Å². The van der Waals surface area contributed by atoms with Crippen molar-refractivity contribution in [2.24, 2.45) is 4.99 Å². The maximum absolute atomic E-state index is 4.73. The number of hydrogen-bond donors (Lipinski definition) is 2. The van der Waals surface area contributed by atoms with E-state index in [1.54, 1.807) is 11.3 Å². The molecule has 1 fully saturated rings. The van der Waals surface area contributed by atoms with E-state index in [1.165, 1.54) is 63.0 Å². The van der Waals surface area contributed by atoms with E-state index in [2.05, 4.69) is 46.9 Å². The molecule has 2 rings (SSSR count). The molecule has 1 aromatic rings. The normalized spacial score (nSPS) is 17.7. The molecule has 4 nitrogen and oxygen atoms in total. The number of thiophene rings is 1. The van der Waals surface area contributed by atoms with Crippen LogP contribution in [0.3, 0.4) is 0 Å². The molecule has 5 heteroatoms. The Bertz CT molecular complexity index is 452. The van der Waals surface area contributed by atoms with Crippen molar-refractivity contribution >= 4 is 17.3 Å². The average Bonchev–Trinajstić information content (AvgIpc) is 3.13. The Balaban J connectivity index is 1.63. The summed E-state index contributed by atoms with van der Waals surface area (Å²) in [6.45, 7) is 10.0. The molecule has 1 unspecified atom stereocenters. The van der Waals surface area contributed by atoms with Crippen molar-refractivity contribution < 1.29 is 0 Å². The number of unbranched alkanes of at least 4 members (excludes halogenated alkanes) is 2. The summed E-state index contributed by atoms with van der Waals surface area (Å²) in [5.41, 5.74) is 0. The molecule has 0 spiro atoms. The van der Waals surface area contributed by atoms with Crippen molar-refractivity contribution in [1.29, 1.82) is 0 Å². The summed E-state index contributed by atoms with van der Waals surface area (Å²) in [6, 6.07) is 4.58. The molecule has 0 aliphatic carbocycles. The van der Waals surface area contributed by atoms with Gasteiger partial charge in [0.2, 0.25) is 0 Å². The van der Waals surface area contributed by atoms with E-state index in [0.717, 1.165) is 19.0 Å². The van der Waals surface area contributed by atoms with Gasteiger partial charge >= 0.3 is 0 Å². The zero-order valence-corrected chi connectivity index (χ0v) is 16.2. The van der Waals surface area contributed by atoms with E-state index in [9.17, 15) is 0 Å². The molecule has 1 aromatic heterocycles. The average molecular weight is 351 g/mol. The van der Waals surface area contributed by atoms with Crippen LogP contribution in [0.2, 0.25) is 0 Å². The fourth-order valence-corrected chi connectivity index (χ4v) is 3.87. The van der Waals surface area contributed by atoms with Crippen LogP contribution in [0.5, 0.6) is 0 Å². The Morgan fingerprint density at radius 2 is 2.08 bits per heavy atom. The topological polar surface area (TPSA) is 39.7 Å². The number of nitrogens with one attached hydrogen (secondary N) is 2. The van der Waals surface area contributed by atoms with Gasteiger partial charge in [0, 0.05) is 18.0 Å². The number of rotatable bonds is 9. The van der Waals surface area contributed by atoms with Crippen LogP contribution in [0.1, 0.15) is 63.3 Å². The van der Waals surface area contributed by atoms with Gasteiger partial charge in [0.25, 0.3) is 0 Å². The van der Waals surface area contributed by atoms with E-state index >= 15 is 0 Å². The van der Waals surface area contributed by atoms with E-state index < -0.39 is 0 Å². The maximum Gasteiger partial charge on any atom is 0.191 e. The Morgan fingerprint density at radius 1 is 1.25 bits per heavy atom. The van der Waals surface area contributed by atoms with E-state index in [1.807, 2.05) is 0 Å². The Kier molecular flexibility index (Phi) is 9.21. The van der Waals surface area contributed by atoms with Gasteiger partial charge in [0.1, 0.15) is 0 Å². The van der Waals surface area contributed by atoms with Crippen molar-refractivity contribution in [2.75, 3.05) is 32.7 Å². The van der Waals surface area contributed by atoms with Crippen LogP contribution >= 0.6 is 11.3 Å². The lowest BCUT2D eigenvalue weighted by molar-refractivity contribution is 0.224. The summed E-state index contributed by atoms with van der Waals surface area (Å²) < 4.78 is 0. The number of likely N-dealkylation sites (tertiary alicyclic amines) is 1. The number of guanidine groups is 1. The number of nitrogens with zero attached hydrogens (tertiary/aromatic N) is 2. The molecule has 0 saturated carbocycles. The van der Waals surface area contributed by atoms with Gasteiger partial charge in [-0.25, -0.2) is 0 Å². The fraction of sp³-hybridized carbons (Fsp3) is 0.737. The lowest BCUT2D eigenvalue weighted by atomic mass is 10.1. The number of hydrogen-bond acceptors (Lipinski definition) is 3. The minimum Gasteiger partial charge on any atom is -0.357 e. The second-order valence-corrected chi connectivity index (χ2v) is 7.58. The van der Waals surface area contributed by atoms with E-state index in [0.29, 0.717) is 6.04 Å². The quantitative estimate of drug-likeness (QED) is 0.401. The van der Waals surface area contributed by atoms with Crippen LogP contribution in [-0.4, -0.2) is 43.6 Å². The molecule has 1 saturated heterocycles. The minimum atomic E-state index is 0.307. The lowest BCUT2D eigenvalue weighted by Crippen LogP contribution is -2.38. The molecule has 2 heterocycles. The van der Waals surface area contributed by atoms with Gasteiger partial charge in [0.15, 0.2) is 5.96 Å². The third-order valence-electron chi connectivity index (χ3n) is 4.52. The Labute approximate surface area is 151 Å². The second kappa shape index (κ2) is 11.5. The summed E-state index contributed by atoms with van der Waals surface area (Å²) in [7, 11) is 0. The van der Waals surface area contributed by atoms with Gasteiger partial charge < -0.3 is 15.5 Å². The molecule has 0 amide bonds. The highest BCUT2D eigenvalue weighted by atomic mass is 32.1. The van der Waals surface area contributed by atoms with Crippen LogP contribution in [0, 0.1) is 0 Å². The zero-order valence-electron chi connectivity index (χ0n) is 15.4. The predicted molar refractivity (Wildman–Crippen MR) is 106 cm³/mol. The first-order chi connectivity index (χ1) is 11.8. The Hall–Kier alpha value is -1.07. The highest BCUT2D eigenvalue weighted by Gasteiger charge is 2.09. The van der Waals surface area contributed by atoms with Crippen molar-refractivity contribution in [3.8, 4) is 0 Å². The van der Waals surface area contributed by atoms with Gasteiger partial charge in [-0.2, -0.15) is 0 Å². The summed E-state index contributed by atoms with van der Waals surface area (Å²) in [5, 5.41) is 8.98. The predicted octanol–water partition coefficient (Wildman–Crippen LogP) is 4.02. The van der Waals surface area contributed by atoms with Crippen molar-refractivity contribution in [2.45, 2.75) is 58.4 Å². The van der Waals surface area contributed by atoms with Gasteiger partial charge in [-0.05, 0) is 70.6 Å². The fourth-order valence-electron chi connectivity index (χ4n) is 3.13. The molecule has 2 N–H and O–H groups in total. The minimum absolute atomic E-state index is 0.307. The highest BCUT2D eigenvalue weighted by molar-refractivity contribution is 7.10. The van der Waals surface area contributed by atoms with Gasteiger partial charge in [-0.1, -0.05) is 18.9 Å². The van der Waals surface area contributed by atoms with Crippen molar-refractivity contribution in [1.82, 2.24) is 15.5 Å². The molecule has 0 radical (unpaired) electrons. The second-order valence-electron chi connectivity index (χ2n) is 6.61. The number of aliphatic imine (C=N–C) groups is 1. The first kappa shape index (κ1) is 19.3. The molecular formula is C19H34N4S. The van der Waals surface area contributed by atoms with Crippen LogP contribution in [0.25, 0.3) is 0 Å². The SMILES string of the molecule is CCNC(=NCCCCCN1CCCCC1)NC(C)c1cccs1. The van der Waals surface area contributed by atoms with Crippen LogP contribution in [0.4, 0.5) is 0 Å². The highest BCUT2D eigenvalue weighted by Crippen LogP contribution is 2.17. The Morgan fingerprint density at radius 3 is 2.79 bits per heavy atom. The molecule has 136 valence electrons.